The molecule has 0 radical (unpaired) electrons. The van der Waals surface area contributed by atoms with Gasteiger partial charge in [-0.05, 0) is 92.5 Å². The number of esters is 1. The molecule has 0 aromatic heterocycles. The zero-order chi connectivity index (χ0) is 20.5. The van der Waals surface area contributed by atoms with E-state index in [1.807, 2.05) is 19.1 Å². The Kier molecular flexibility index (Phi) is 4.52. The highest BCUT2D eigenvalue weighted by Gasteiger charge is 2.51. The summed E-state index contributed by atoms with van der Waals surface area (Å²) in [6.07, 6.45) is 5.68. The van der Waals surface area contributed by atoms with E-state index in [2.05, 4.69) is 9.80 Å². The minimum atomic E-state index is -0.473. The zero-order valence-corrected chi connectivity index (χ0v) is 18.1. The van der Waals surface area contributed by atoms with E-state index in [1.54, 1.807) is 0 Å². The molecule has 0 saturated carbocycles. The molecular weight excluding hydrogens is 376 g/mol. The van der Waals surface area contributed by atoms with Crippen LogP contribution in [0.1, 0.15) is 65.3 Å². The lowest BCUT2D eigenvalue weighted by atomic mass is 9.61. The fourth-order valence-corrected chi connectivity index (χ4v) is 7.65. The first-order valence-electron chi connectivity index (χ1n) is 11.9. The first kappa shape index (κ1) is 19.3. The molecule has 162 valence electrons. The van der Waals surface area contributed by atoms with Gasteiger partial charge in [0.25, 0.3) is 0 Å². The van der Waals surface area contributed by atoms with Crippen LogP contribution in [0.2, 0.25) is 0 Å². The van der Waals surface area contributed by atoms with E-state index in [0.717, 1.165) is 41.5 Å². The van der Waals surface area contributed by atoms with Gasteiger partial charge in [-0.1, -0.05) is 6.07 Å². The lowest BCUT2D eigenvalue weighted by Gasteiger charge is -2.51. The molecule has 5 aliphatic rings. The quantitative estimate of drug-likeness (QED) is 0.773. The molecule has 6 rings (SSSR count). The third kappa shape index (κ3) is 3.04. The first-order valence-corrected chi connectivity index (χ1v) is 11.9. The molecule has 5 aliphatic heterocycles. The Labute approximate surface area is 179 Å². The van der Waals surface area contributed by atoms with Crippen molar-refractivity contribution in [3.63, 3.8) is 0 Å². The van der Waals surface area contributed by atoms with Crippen LogP contribution < -0.4 is 0 Å². The molecule has 1 aromatic carbocycles. The molecule has 5 nitrogen and oxygen atoms in total. The highest BCUT2D eigenvalue weighted by Crippen LogP contribution is 2.53. The van der Waals surface area contributed by atoms with Gasteiger partial charge in [0.15, 0.2) is 0 Å². The summed E-state index contributed by atoms with van der Waals surface area (Å²) in [6.45, 7) is 9.82. The van der Waals surface area contributed by atoms with Crippen molar-refractivity contribution in [2.24, 2.45) is 23.2 Å². The predicted molar refractivity (Wildman–Crippen MR) is 114 cm³/mol. The van der Waals surface area contributed by atoms with Crippen LogP contribution in [0.4, 0.5) is 0 Å². The van der Waals surface area contributed by atoms with E-state index >= 15 is 0 Å². The average Bonchev–Trinajstić information content (AvgIpc) is 3.39. The molecule has 5 heterocycles. The van der Waals surface area contributed by atoms with Crippen LogP contribution in [-0.2, 0) is 11.3 Å². The van der Waals surface area contributed by atoms with Crippen LogP contribution in [0.5, 0.6) is 0 Å². The van der Waals surface area contributed by atoms with Gasteiger partial charge in [-0.2, -0.15) is 0 Å². The van der Waals surface area contributed by atoms with Crippen molar-refractivity contribution in [3.05, 3.63) is 34.4 Å². The Bertz CT molecular complexity index is 844. The van der Waals surface area contributed by atoms with Crippen molar-refractivity contribution in [1.29, 1.82) is 0 Å². The number of ether oxygens (including phenoxy) is 1. The molecule has 7 unspecified atom stereocenters. The van der Waals surface area contributed by atoms with Crippen LogP contribution >= 0.6 is 0 Å². The maximum atomic E-state index is 11.9. The summed E-state index contributed by atoms with van der Waals surface area (Å²) >= 11 is 0. The molecule has 5 heteroatoms. The van der Waals surface area contributed by atoms with E-state index in [1.165, 1.54) is 58.4 Å². The fraction of sp³-hybridized carbons (Fsp3) is 0.720. The van der Waals surface area contributed by atoms with Crippen molar-refractivity contribution in [1.82, 2.24) is 9.80 Å². The van der Waals surface area contributed by atoms with E-state index in [-0.39, 0.29) is 11.4 Å². The highest BCUT2D eigenvalue weighted by atomic mass is 16.5. The molecular formula is C25H34N2O3. The maximum absolute atomic E-state index is 11.9. The summed E-state index contributed by atoms with van der Waals surface area (Å²) in [5, 5.41) is 11.5. The number of piperidine rings is 2. The van der Waals surface area contributed by atoms with Crippen molar-refractivity contribution in [2.45, 2.75) is 51.7 Å². The van der Waals surface area contributed by atoms with Crippen molar-refractivity contribution in [3.8, 4) is 0 Å². The summed E-state index contributed by atoms with van der Waals surface area (Å²) in [4.78, 5) is 17.3. The second-order valence-corrected chi connectivity index (χ2v) is 10.9. The van der Waals surface area contributed by atoms with Gasteiger partial charge in [0, 0.05) is 31.7 Å². The number of cyclic esters (lactones) is 1. The van der Waals surface area contributed by atoms with Gasteiger partial charge in [0.1, 0.15) is 6.61 Å². The summed E-state index contributed by atoms with van der Waals surface area (Å²) < 4.78 is 5.24. The van der Waals surface area contributed by atoms with Crippen LogP contribution in [0.15, 0.2) is 12.1 Å². The number of rotatable bonds is 4. The number of carbonyl (C=O) groups excluding carboxylic acids is 1. The predicted octanol–water partition coefficient (Wildman–Crippen LogP) is 3.14. The topological polar surface area (TPSA) is 53.0 Å². The van der Waals surface area contributed by atoms with E-state index < -0.39 is 6.10 Å². The Morgan fingerprint density at radius 1 is 1.17 bits per heavy atom. The van der Waals surface area contributed by atoms with Gasteiger partial charge in [-0.25, -0.2) is 4.79 Å². The minimum Gasteiger partial charge on any atom is -0.457 e. The molecule has 0 spiro atoms. The molecule has 30 heavy (non-hydrogen) atoms. The molecule has 0 amide bonds. The molecule has 0 aliphatic carbocycles. The Balaban J connectivity index is 1.31. The normalized spacial score (nSPS) is 40.3. The standard InChI is InChI=1S/C25H34N2O3/c1-16-20(2-3-21-22(16)14-30-24(21)29)23(28)10-25(9-18-5-7-27(12-18)15-25)19-8-17-4-6-26(11-17)13-19/h2-3,17-19,23,28H,4-15H2,1H3. The van der Waals surface area contributed by atoms with Gasteiger partial charge in [0.2, 0.25) is 0 Å². The molecule has 4 bridgehead atoms. The molecule has 1 N–H and O–H groups in total. The van der Waals surface area contributed by atoms with E-state index in [4.69, 9.17) is 4.74 Å². The highest BCUT2D eigenvalue weighted by molar-refractivity contribution is 5.93. The number of aliphatic hydroxyl groups is 1. The largest absolute Gasteiger partial charge is 0.457 e. The van der Waals surface area contributed by atoms with Crippen LogP contribution in [0.3, 0.4) is 0 Å². The van der Waals surface area contributed by atoms with Crippen molar-refractivity contribution < 1.29 is 14.6 Å². The Morgan fingerprint density at radius 3 is 2.80 bits per heavy atom. The number of carbonyl (C=O) groups is 1. The van der Waals surface area contributed by atoms with Crippen molar-refractivity contribution in [2.75, 3.05) is 39.3 Å². The molecule has 7 atom stereocenters. The van der Waals surface area contributed by atoms with Crippen LogP contribution in [-0.4, -0.2) is 60.1 Å². The maximum Gasteiger partial charge on any atom is 0.338 e. The summed E-state index contributed by atoms with van der Waals surface area (Å²) in [7, 11) is 0. The van der Waals surface area contributed by atoms with Gasteiger partial charge in [-0.3, -0.25) is 0 Å². The Hall–Kier alpha value is -1.43. The van der Waals surface area contributed by atoms with E-state index in [0.29, 0.717) is 18.1 Å². The number of hydrogen-bond donors (Lipinski definition) is 1. The first-order chi connectivity index (χ1) is 14.5. The number of benzene rings is 1. The number of hydrogen-bond acceptors (Lipinski definition) is 5. The monoisotopic (exact) mass is 410 g/mol. The molecule has 4 saturated heterocycles. The SMILES string of the molecule is Cc1c(C(O)CC2(C3CC4CCN(C4)C3)CC3CCN(C3)C2)ccc2c1COC2=O. The lowest BCUT2D eigenvalue weighted by Crippen LogP contribution is -2.52. The zero-order valence-electron chi connectivity index (χ0n) is 18.1. The molecule has 4 fully saturated rings. The smallest absolute Gasteiger partial charge is 0.338 e. The number of aliphatic hydroxyl groups excluding tert-OH is 1. The van der Waals surface area contributed by atoms with Gasteiger partial charge in [-0.15, -0.1) is 0 Å². The summed E-state index contributed by atoms with van der Waals surface area (Å²) in [5.74, 6) is 2.12. The minimum absolute atomic E-state index is 0.206. The van der Waals surface area contributed by atoms with Gasteiger partial charge < -0.3 is 19.6 Å². The number of fused-ring (bicyclic) bond motifs is 5. The average molecular weight is 411 g/mol. The lowest BCUT2D eigenvalue weighted by molar-refractivity contribution is -0.0348. The Morgan fingerprint density at radius 2 is 1.97 bits per heavy atom. The fourth-order valence-electron chi connectivity index (χ4n) is 7.65. The third-order valence-electron chi connectivity index (χ3n) is 9.10. The molecule has 1 aromatic rings. The summed E-state index contributed by atoms with van der Waals surface area (Å²) in [6, 6.07) is 3.84. The summed E-state index contributed by atoms with van der Waals surface area (Å²) in [5.41, 5.74) is 3.90. The van der Waals surface area contributed by atoms with E-state index in [9.17, 15) is 9.90 Å². The van der Waals surface area contributed by atoms with Crippen LogP contribution in [0, 0.1) is 30.1 Å². The van der Waals surface area contributed by atoms with Gasteiger partial charge in [0.05, 0.1) is 11.7 Å². The number of nitrogens with zero attached hydrogens (tertiary/aromatic N) is 2. The second kappa shape index (κ2) is 7.04. The van der Waals surface area contributed by atoms with Gasteiger partial charge >= 0.3 is 5.97 Å². The third-order valence-corrected chi connectivity index (χ3v) is 9.10. The van der Waals surface area contributed by atoms with Crippen LogP contribution in [0.25, 0.3) is 0 Å². The van der Waals surface area contributed by atoms with Crippen molar-refractivity contribution >= 4 is 5.97 Å². The second-order valence-electron chi connectivity index (χ2n) is 10.9.